The molecule has 1 aliphatic carbocycles. The maximum atomic E-state index is 7.78. The van der Waals surface area contributed by atoms with E-state index in [1.165, 1.54) is 38.5 Å². The van der Waals surface area contributed by atoms with Crippen LogP contribution in [0, 0.1) is 10.8 Å². The summed E-state index contributed by atoms with van der Waals surface area (Å²) in [5, 5.41) is 7.78. The van der Waals surface area contributed by atoms with Crippen molar-refractivity contribution < 1.29 is 0 Å². The monoisotopic (exact) mass is 335 g/mol. The van der Waals surface area contributed by atoms with Crippen molar-refractivity contribution in [3.05, 3.63) is 28.2 Å². The van der Waals surface area contributed by atoms with E-state index < -0.39 is 0 Å². The molecule has 1 spiro atoms. The predicted octanol–water partition coefficient (Wildman–Crippen LogP) is 3.89. The molecule has 1 aromatic carbocycles. The van der Waals surface area contributed by atoms with Crippen LogP contribution < -0.4 is 10.6 Å². The van der Waals surface area contributed by atoms with Crippen LogP contribution in [0.1, 0.15) is 44.1 Å². The van der Waals surface area contributed by atoms with Crippen LogP contribution in [0.5, 0.6) is 0 Å². The summed E-state index contributed by atoms with van der Waals surface area (Å²) in [5.74, 6) is 0.155. The Hall–Kier alpha value is -1.03. The van der Waals surface area contributed by atoms with E-state index in [1.807, 2.05) is 12.1 Å². The highest BCUT2D eigenvalue weighted by molar-refractivity contribution is 9.10. The molecule has 1 saturated heterocycles. The van der Waals surface area contributed by atoms with E-state index in [2.05, 4.69) is 26.9 Å². The molecular weight excluding hydrogens is 314 g/mol. The average molecular weight is 336 g/mol. The standard InChI is InChI=1S/C16H22BrN3/c17-12-3-4-14(13(11-12)15(18)19)20-9-7-16(8-10-20)5-1-2-6-16/h3-4,11H,1-2,5-10H2,(H3,18,19). The number of nitrogens with two attached hydrogens (primary N) is 1. The van der Waals surface area contributed by atoms with Gasteiger partial charge in [-0.05, 0) is 49.3 Å². The lowest BCUT2D eigenvalue weighted by molar-refractivity contribution is 0.226. The number of nitrogens with zero attached hydrogens (tertiary/aromatic N) is 1. The van der Waals surface area contributed by atoms with Crippen molar-refractivity contribution in [1.29, 1.82) is 5.41 Å². The van der Waals surface area contributed by atoms with Gasteiger partial charge in [0.1, 0.15) is 5.84 Å². The number of rotatable bonds is 2. The van der Waals surface area contributed by atoms with Gasteiger partial charge < -0.3 is 10.6 Å². The van der Waals surface area contributed by atoms with Gasteiger partial charge >= 0.3 is 0 Å². The summed E-state index contributed by atoms with van der Waals surface area (Å²) in [7, 11) is 0. The SMILES string of the molecule is N=C(N)c1cc(Br)ccc1N1CCC2(CCCC2)CC1. The smallest absolute Gasteiger partial charge is 0.124 e. The molecule has 1 aromatic rings. The molecule has 3 N–H and O–H groups in total. The van der Waals surface area contributed by atoms with Crippen molar-refractivity contribution >= 4 is 27.5 Å². The highest BCUT2D eigenvalue weighted by Gasteiger charge is 2.37. The average Bonchev–Trinajstić information content (AvgIpc) is 2.88. The highest BCUT2D eigenvalue weighted by atomic mass is 79.9. The summed E-state index contributed by atoms with van der Waals surface area (Å²) in [6.45, 7) is 2.20. The zero-order valence-electron chi connectivity index (χ0n) is 11.8. The van der Waals surface area contributed by atoms with Gasteiger partial charge in [-0.15, -0.1) is 0 Å². The molecule has 0 aromatic heterocycles. The fraction of sp³-hybridized carbons (Fsp3) is 0.562. The summed E-state index contributed by atoms with van der Waals surface area (Å²) in [5.41, 5.74) is 8.34. The maximum Gasteiger partial charge on any atom is 0.124 e. The first kappa shape index (κ1) is 13.9. The van der Waals surface area contributed by atoms with E-state index in [9.17, 15) is 0 Å². The van der Waals surface area contributed by atoms with Gasteiger partial charge in [-0.1, -0.05) is 28.8 Å². The number of hydrogen-bond acceptors (Lipinski definition) is 2. The van der Waals surface area contributed by atoms with E-state index in [4.69, 9.17) is 11.1 Å². The van der Waals surface area contributed by atoms with Crippen molar-refractivity contribution in [2.45, 2.75) is 38.5 Å². The van der Waals surface area contributed by atoms with Gasteiger partial charge in [0, 0.05) is 28.8 Å². The van der Waals surface area contributed by atoms with Crippen LogP contribution in [0.15, 0.2) is 22.7 Å². The van der Waals surface area contributed by atoms with Crippen molar-refractivity contribution in [3.63, 3.8) is 0 Å². The van der Waals surface area contributed by atoms with Gasteiger partial charge in [-0.3, -0.25) is 5.41 Å². The Labute approximate surface area is 129 Å². The fourth-order valence-corrected chi connectivity index (χ4v) is 4.21. The fourth-order valence-electron chi connectivity index (χ4n) is 3.85. The largest absolute Gasteiger partial charge is 0.384 e. The van der Waals surface area contributed by atoms with Crippen LogP contribution in [0.4, 0.5) is 5.69 Å². The molecule has 0 bridgehead atoms. The minimum Gasteiger partial charge on any atom is -0.384 e. The summed E-state index contributed by atoms with van der Waals surface area (Å²) in [6, 6.07) is 6.09. The van der Waals surface area contributed by atoms with Gasteiger partial charge in [0.2, 0.25) is 0 Å². The number of halogens is 1. The molecule has 0 atom stereocenters. The van der Waals surface area contributed by atoms with Crippen molar-refractivity contribution in [3.8, 4) is 0 Å². The molecule has 108 valence electrons. The van der Waals surface area contributed by atoms with E-state index in [-0.39, 0.29) is 5.84 Å². The van der Waals surface area contributed by atoms with Crippen LogP contribution in [-0.4, -0.2) is 18.9 Å². The molecule has 2 fully saturated rings. The summed E-state index contributed by atoms with van der Waals surface area (Å²) in [4.78, 5) is 2.41. The number of nitrogens with one attached hydrogen (secondary N) is 1. The molecule has 4 heteroatoms. The second kappa shape index (κ2) is 5.40. The third-order valence-corrected chi connectivity index (χ3v) is 5.57. The molecule has 0 amide bonds. The molecule has 2 aliphatic rings. The first-order chi connectivity index (χ1) is 9.60. The lowest BCUT2D eigenvalue weighted by Crippen LogP contribution is -2.39. The zero-order valence-corrected chi connectivity index (χ0v) is 13.4. The maximum absolute atomic E-state index is 7.78. The molecule has 0 unspecified atom stereocenters. The Morgan fingerprint density at radius 3 is 2.40 bits per heavy atom. The van der Waals surface area contributed by atoms with Crippen LogP contribution in [0.3, 0.4) is 0 Å². The number of benzene rings is 1. The second-order valence-corrected chi connectivity index (χ2v) is 7.18. The minimum atomic E-state index is 0.155. The third-order valence-electron chi connectivity index (χ3n) is 5.08. The molecule has 20 heavy (non-hydrogen) atoms. The Morgan fingerprint density at radius 2 is 1.80 bits per heavy atom. The number of piperidine rings is 1. The number of hydrogen-bond donors (Lipinski definition) is 2. The van der Waals surface area contributed by atoms with Crippen molar-refractivity contribution in [2.75, 3.05) is 18.0 Å². The summed E-state index contributed by atoms with van der Waals surface area (Å²) >= 11 is 3.47. The molecule has 1 saturated carbocycles. The third kappa shape index (κ3) is 2.58. The summed E-state index contributed by atoms with van der Waals surface area (Å²) < 4.78 is 0.982. The van der Waals surface area contributed by atoms with E-state index in [0.29, 0.717) is 5.41 Å². The van der Waals surface area contributed by atoms with Crippen LogP contribution in [0.2, 0.25) is 0 Å². The Kier molecular flexibility index (Phi) is 3.76. The Balaban J connectivity index is 1.79. The molecule has 1 heterocycles. The number of nitrogen functional groups attached to an aromatic ring is 1. The Morgan fingerprint density at radius 1 is 1.15 bits per heavy atom. The first-order valence-corrected chi connectivity index (χ1v) is 8.28. The quantitative estimate of drug-likeness (QED) is 0.636. The topological polar surface area (TPSA) is 53.1 Å². The van der Waals surface area contributed by atoms with E-state index in [1.54, 1.807) is 0 Å². The van der Waals surface area contributed by atoms with E-state index >= 15 is 0 Å². The van der Waals surface area contributed by atoms with E-state index in [0.717, 1.165) is 28.8 Å². The lowest BCUT2D eigenvalue weighted by Gasteiger charge is -2.41. The normalized spacial score (nSPS) is 21.4. The van der Waals surface area contributed by atoms with Crippen LogP contribution in [0.25, 0.3) is 0 Å². The molecule has 3 rings (SSSR count). The van der Waals surface area contributed by atoms with Gasteiger partial charge in [0.25, 0.3) is 0 Å². The van der Waals surface area contributed by atoms with Gasteiger partial charge in [0.05, 0.1) is 0 Å². The molecule has 0 radical (unpaired) electrons. The van der Waals surface area contributed by atoms with Crippen LogP contribution in [-0.2, 0) is 0 Å². The molecule has 3 nitrogen and oxygen atoms in total. The van der Waals surface area contributed by atoms with Crippen molar-refractivity contribution in [2.24, 2.45) is 11.1 Å². The van der Waals surface area contributed by atoms with Crippen molar-refractivity contribution in [1.82, 2.24) is 0 Å². The number of amidine groups is 1. The van der Waals surface area contributed by atoms with Gasteiger partial charge in [0.15, 0.2) is 0 Å². The molecular formula is C16H22BrN3. The number of anilines is 1. The molecule has 1 aliphatic heterocycles. The zero-order chi connectivity index (χ0) is 14.2. The minimum absolute atomic E-state index is 0.155. The summed E-state index contributed by atoms with van der Waals surface area (Å²) in [6.07, 6.45) is 8.25. The highest BCUT2D eigenvalue weighted by Crippen LogP contribution is 2.46. The second-order valence-electron chi connectivity index (χ2n) is 6.27. The Bertz CT molecular complexity index is 510. The van der Waals surface area contributed by atoms with Gasteiger partial charge in [-0.25, -0.2) is 0 Å². The first-order valence-electron chi connectivity index (χ1n) is 7.49. The lowest BCUT2D eigenvalue weighted by atomic mass is 9.77. The van der Waals surface area contributed by atoms with Gasteiger partial charge in [-0.2, -0.15) is 0 Å². The predicted molar refractivity (Wildman–Crippen MR) is 87.5 cm³/mol. The van der Waals surface area contributed by atoms with Crippen LogP contribution >= 0.6 is 15.9 Å².